The van der Waals surface area contributed by atoms with Gasteiger partial charge in [0.2, 0.25) is 5.78 Å². The Morgan fingerprint density at radius 3 is 2.74 bits per heavy atom. The van der Waals surface area contributed by atoms with E-state index in [9.17, 15) is 9.59 Å². The first-order chi connectivity index (χ1) is 14.9. The largest absolute Gasteiger partial charge is 0.465 e. The van der Waals surface area contributed by atoms with Crippen molar-refractivity contribution in [1.82, 2.24) is 19.2 Å². The maximum absolute atomic E-state index is 13.9. The summed E-state index contributed by atoms with van der Waals surface area (Å²) in [4.78, 5) is 30.8. The van der Waals surface area contributed by atoms with Crippen LogP contribution in [0.3, 0.4) is 0 Å². The van der Waals surface area contributed by atoms with Crippen LogP contribution in [0.15, 0.2) is 34.2 Å². The molecule has 31 heavy (non-hydrogen) atoms. The van der Waals surface area contributed by atoms with E-state index in [1.807, 2.05) is 18.2 Å². The summed E-state index contributed by atoms with van der Waals surface area (Å²) in [7, 11) is 0. The van der Waals surface area contributed by atoms with Gasteiger partial charge in [-0.3, -0.25) is 9.59 Å². The average Bonchev–Trinajstić information content (AvgIpc) is 3.10. The Morgan fingerprint density at radius 1 is 1.26 bits per heavy atom. The van der Waals surface area contributed by atoms with Crippen LogP contribution in [-0.4, -0.2) is 37.5 Å². The van der Waals surface area contributed by atoms with Gasteiger partial charge in [-0.25, -0.2) is 14.1 Å². The predicted octanol–water partition coefficient (Wildman–Crippen LogP) is 3.85. The van der Waals surface area contributed by atoms with Crippen molar-refractivity contribution >= 4 is 23.5 Å². The number of rotatable bonds is 7. The van der Waals surface area contributed by atoms with Gasteiger partial charge in [-0.2, -0.15) is 0 Å². The standard InChI is InChI=1S/C23H28N4O3S/c1-5-12-26-21-24-19-16-11-9-8-10-15(16)13-23(4,6-2)18(19)20(29)27(21)22(25-26)31-14-17(28)30-7-3/h8-11H,5-7,12-14H2,1-4H3/t23-/m0/s1. The summed E-state index contributed by atoms with van der Waals surface area (Å²) in [5.74, 6) is 0.299. The topological polar surface area (TPSA) is 78.5 Å². The first-order valence-electron chi connectivity index (χ1n) is 10.8. The molecule has 1 aliphatic rings. The number of aryl methyl sites for hydroxylation is 1. The van der Waals surface area contributed by atoms with Gasteiger partial charge in [0.1, 0.15) is 0 Å². The molecular weight excluding hydrogens is 412 g/mol. The summed E-state index contributed by atoms with van der Waals surface area (Å²) in [6.07, 6.45) is 2.48. The van der Waals surface area contributed by atoms with Gasteiger partial charge in [0, 0.05) is 17.5 Å². The van der Waals surface area contributed by atoms with Crippen molar-refractivity contribution in [3.63, 3.8) is 0 Å². The summed E-state index contributed by atoms with van der Waals surface area (Å²) >= 11 is 1.22. The average molecular weight is 441 g/mol. The fourth-order valence-electron chi connectivity index (χ4n) is 4.28. The molecule has 0 aliphatic heterocycles. The summed E-state index contributed by atoms with van der Waals surface area (Å²) in [5, 5.41) is 5.13. The maximum atomic E-state index is 13.9. The minimum Gasteiger partial charge on any atom is -0.465 e. The van der Waals surface area contributed by atoms with Gasteiger partial charge in [-0.1, -0.05) is 56.8 Å². The van der Waals surface area contributed by atoms with Crippen LogP contribution < -0.4 is 5.56 Å². The highest BCUT2D eigenvalue weighted by atomic mass is 32.2. The van der Waals surface area contributed by atoms with Crippen LogP contribution in [0.1, 0.15) is 51.7 Å². The fraction of sp³-hybridized carbons (Fsp3) is 0.478. The minimum absolute atomic E-state index is 0.0902. The first kappa shape index (κ1) is 21.6. The zero-order valence-corrected chi connectivity index (χ0v) is 19.3. The second-order valence-electron chi connectivity index (χ2n) is 8.12. The number of nitrogens with zero attached hydrogens (tertiary/aromatic N) is 4. The third-order valence-corrected chi connectivity index (χ3v) is 6.89. The number of hydrogen-bond acceptors (Lipinski definition) is 6. The van der Waals surface area contributed by atoms with Gasteiger partial charge in [0.15, 0.2) is 5.16 Å². The summed E-state index contributed by atoms with van der Waals surface area (Å²) < 4.78 is 8.40. The first-order valence-corrected chi connectivity index (χ1v) is 11.8. The van der Waals surface area contributed by atoms with Crippen LogP contribution in [0.2, 0.25) is 0 Å². The number of benzene rings is 1. The molecule has 164 valence electrons. The molecule has 3 aromatic rings. The van der Waals surface area contributed by atoms with Gasteiger partial charge in [0.05, 0.1) is 23.6 Å². The van der Waals surface area contributed by atoms with Crippen LogP contribution in [0.5, 0.6) is 0 Å². The Balaban J connectivity index is 1.96. The number of hydrogen-bond donors (Lipinski definition) is 0. The molecule has 0 spiro atoms. The highest BCUT2D eigenvalue weighted by molar-refractivity contribution is 7.99. The Kier molecular flexibility index (Phi) is 5.92. The van der Waals surface area contributed by atoms with Crippen LogP contribution >= 0.6 is 11.8 Å². The van der Waals surface area contributed by atoms with Gasteiger partial charge >= 0.3 is 5.97 Å². The van der Waals surface area contributed by atoms with Crippen LogP contribution in [0, 0.1) is 0 Å². The molecule has 2 aromatic heterocycles. The number of ether oxygens (including phenoxy) is 1. The van der Waals surface area contributed by atoms with Crippen LogP contribution in [0.4, 0.5) is 0 Å². The van der Waals surface area contributed by atoms with Crippen molar-refractivity contribution < 1.29 is 9.53 Å². The Bertz CT molecular complexity index is 1200. The van der Waals surface area contributed by atoms with E-state index in [1.54, 1.807) is 16.0 Å². The van der Waals surface area contributed by atoms with E-state index in [1.165, 1.54) is 17.3 Å². The van der Waals surface area contributed by atoms with Crippen LogP contribution in [-0.2, 0) is 27.9 Å². The van der Waals surface area contributed by atoms with Gasteiger partial charge < -0.3 is 4.74 Å². The lowest BCUT2D eigenvalue weighted by atomic mass is 9.69. The molecule has 4 rings (SSSR count). The van der Waals surface area contributed by atoms with Crippen molar-refractivity contribution in [2.75, 3.05) is 12.4 Å². The highest BCUT2D eigenvalue weighted by Gasteiger charge is 2.38. The molecule has 0 bridgehead atoms. The van der Waals surface area contributed by atoms with Crippen molar-refractivity contribution in [1.29, 1.82) is 0 Å². The van der Waals surface area contributed by atoms with Crippen molar-refractivity contribution in [2.24, 2.45) is 0 Å². The number of aromatic nitrogens is 4. The molecule has 0 saturated heterocycles. The van der Waals surface area contributed by atoms with Gasteiger partial charge in [-0.05, 0) is 31.7 Å². The molecule has 0 radical (unpaired) electrons. The molecular formula is C23H28N4O3S. The monoisotopic (exact) mass is 440 g/mol. The van der Waals surface area contributed by atoms with Gasteiger partial charge in [0.25, 0.3) is 5.56 Å². The summed E-state index contributed by atoms with van der Waals surface area (Å²) in [5.41, 5.74) is 3.33. The molecule has 1 aromatic carbocycles. The minimum atomic E-state index is -0.322. The van der Waals surface area contributed by atoms with E-state index in [-0.39, 0.29) is 22.7 Å². The van der Waals surface area contributed by atoms with E-state index in [2.05, 4.69) is 31.9 Å². The fourth-order valence-corrected chi connectivity index (χ4v) is 5.06. The molecule has 2 heterocycles. The summed E-state index contributed by atoms with van der Waals surface area (Å²) in [6.45, 7) is 9.05. The zero-order valence-electron chi connectivity index (χ0n) is 18.5. The molecule has 0 amide bonds. The number of esters is 1. The van der Waals surface area contributed by atoms with E-state index < -0.39 is 0 Å². The van der Waals surface area contributed by atoms with Crippen LogP contribution in [0.25, 0.3) is 17.0 Å². The molecule has 0 N–H and O–H groups in total. The second-order valence-corrected chi connectivity index (χ2v) is 9.07. The molecule has 0 unspecified atom stereocenters. The number of carbonyl (C=O) groups is 1. The Labute approximate surface area is 185 Å². The zero-order chi connectivity index (χ0) is 22.2. The normalized spacial score (nSPS) is 17.4. The Hall–Kier alpha value is -2.61. The van der Waals surface area contributed by atoms with E-state index in [0.717, 1.165) is 36.1 Å². The third kappa shape index (κ3) is 3.67. The number of carbonyl (C=O) groups excluding carboxylic acids is 1. The molecule has 1 aliphatic carbocycles. The predicted molar refractivity (Wildman–Crippen MR) is 122 cm³/mol. The lowest BCUT2D eigenvalue weighted by molar-refractivity contribution is -0.139. The van der Waals surface area contributed by atoms with E-state index in [4.69, 9.17) is 9.72 Å². The molecule has 0 saturated carbocycles. The molecule has 1 atom stereocenters. The lowest BCUT2D eigenvalue weighted by Gasteiger charge is -2.35. The highest BCUT2D eigenvalue weighted by Crippen LogP contribution is 2.42. The summed E-state index contributed by atoms with van der Waals surface area (Å²) in [6, 6.07) is 8.20. The molecule has 7 nitrogen and oxygen atoms in total. The van der Waals surface area contributed by atoms with E-state index >= 15 is 0 Å². The molecule has 8 heteroatoms. The van der Waals surface area contributed by atoms with Crippen molar-refractivity contribution in [3.05, 3.63) is 45.7 Å². The second kappa shape index (κ2) is 8.49. The third-order valence-electron chi connectivity index (χ3n) is 5.99. The quantitative estimate of drug-likeness (QED) is 0.410. The molecule has 0 fully saturated rings. The Morgan fingerprint density at radius 2 is 2.03 bits per heavy atom. The maximum Gasteiger partial charge on any atom is 0.316 e. The smallest absolute Gasteiger partial charge is 0.316 e. The number of fused-ring (bicyclic) bond motifs is 4. The SMILES string of the molecule is CCCn1nc(SCC(=O)OCC)n2c(=O)c3c(nc12)-c1ccccc1C[C@]3(C)CC. The van der Waals surface area contributed by atoms with Crippen molar-refractivity contribution in [2.45, 2.75) is 64.1 Å². The van der Waals surface area contributed by atoms with E-state index in [0.29, 0.717) is 24.1 Å². The number of thioether (sulfide) groups is 1. The lowest BCUT2D eigenvalue weighted by Crippen LogP contribution is -2.38. The van der Waals surface area contributed by atoms with Gasteiger partial charge in [-0.15, -0.1) is 5.10 Å². The van der Waals surface area contributed by atoms with Crippen molar-refractivity contribution in [3.8, 4) is 11.3 Å².